The van der Waals surface area contributed by atoms with Crippen LogP contribution in [0.5, 0.6) is 5.75 Å². The van der Waals surface area contributed by atoms with Crippen LogP contribution in [0.15, 0.2) is 18.2 Å². The van der Waals surface area contributed by atoms with Crippen LogP contribution in [0.3, 0.4) is 0 Å². The van der Waals surface area contributed by atoms with Gasteiger partial charge in [0.15, 0.2) is 0 Å². The number of carbonyl (C=O) groups is 1. The van der Waals surface area contributed by atoms with Crippen molar-refractivity contribution in [3.63, 3.8) is 0 Å². The van der Waals surface area contributed by atoms with Crippen LogP contribution in [0.25, 0.3) is 0 Å². The molecular weight excluding hydrogens is 292 g/mol. The molecule has 1 heterocycles. The summed E-state index contributed by atoms with van der Waals surface area (Å²) in [6.45, 7) is 1.87. The fourth-order valence-corrected chi connectivity index (χ4v) is 2.82. The summed E-state index contributed by atoms with van der Waals surface area (Å²) in [5.74, 6) is 0.563. The van der Waals surface area contributed by atoms with Crippen LogP contribution in [0.1, 0.15) is 18.4 Å². The zero-order chi connectivity index (χ0) is 15.3. The third kappa shape index (κ3) is 3.48. The van der Waals surface area contributed by atoms with E-state index in [1.807, 2.05) is 12.1 Å². The van der Waals surface area contributed by atoms with E-state index in [4.69, 9.17) is 21.1 Å². The second-order valence-corrected chi connectivity index (χ2v) is 5.46. The topological polar surface area (TPSA) is 59.6 Å². The Hall–Kier alpha value is -1.30. The van der Waals surface area contributed by atoms with E-state index in [2.05, 4.69) is 10.6 Å². The van der Waals surface area contributed by atoms with Gasteiger partial charge in [-0.3, -0.25) is 4.79 Å². The van der Waals surface area contributed by atoms with Gasteiger partial charge >= 0.3 is 0 Å². The van der Waals surface area contributed by atoms with E-state index < -0.39 is 5.60 Å². The average Bonchev–Trinajstić information content (AvgIpc) is 2.53. The number of amides is 1. The Labute approximate surface area is 130 Å². The number of methoxy groups -OCH3 is 2. The van der Waals surface area contributed by atoms with Crippen LogP contribution in [-0.2, 0) is 16.1 Å². The van der Waals surface area contributed by atoms with Gasteiger partial charge in [0.05, 0.1) is 7.11 Å². The maximum absolute atomic E-state index is 12.5. The molecule has 0 saturated carbocycles. The Morgan fingerprint density at radius 3 is 2.71 bits per heavy atom. The molecule has 0 aromatic heterocycles. The predicted molar refractivity (Wildman–Crippen MR) is 81.7 cm³/mol. The van der Waals surface area contributed by atoms with Gasteiger partial charge in [0.1, 0.15) is 11.4 Å². The van der Waals surface area contributed by atoms with Crippen molar-refractivity contribution >= 4 is 17.5 Å². The fourth-order valence-electron chi connectivity index (χ4n) is 2.59. The van der Waals surface area contributed by atoms with Crippen molar-refractivity contribution in [2.45, 2.75) is 25.0 Å². The van der Waals surface area contributed by atoms with Gasteiger partial charge in [0.25, 0.3) is 5.91 Å². The van der Waals surface area contributed by atoms with Crippen molar-refractivity contribution < 1.29 is 14.3 Å². The summed E-state index contributed by atoms with van der Waals surface area (Å²) >= 11 is 6.17. The highest BCUT2D eigenvalue weighted by Gasteiger charge is 2.39. The Morgan fingerprint density at radius 2 is 2.10 bits per heavy atom. The second-order valence-electron chi connectivity index (χ2n) is 5.05. The number of carbonyl (C=O) groups excluding carboxylic acids is 1. The molecule has 1 amide bonds. The highest BCUT2D eigenvalue weighted by molar-refractivity contribution is 6.31. The first-order valence-corrected chi connectivity index (χ1v) is 7.36. The summed E-state index contributed by atoms with van der Waals surface area (Å²) in [4.78, 5) is 12.5. The maximum atomic E-state index is 12.5. The smallest absolute Gasteiger partial charge is 0.252 e. The molecule has 116 valence electrons. The molecule has 5 nitrogen and oxygen atoms in total. The van der Waals surface area contributed by atoms with E-state index in [1.54, 1.807) is 20.3 Å². The first-order chi connectivity index (χ1) is 10.1. The Kier molecular flexibility index (Phi) is 5.45. The quantitative estimate of drug-likeness (QED) is 0.869. The number of halogens is 1. The summed E-state index contributed by atoms with van der Waals surface area (Å²) in [6.07, 6.45) is 1.32. The first-order valence-electron chi connectivity index (χ1n) is 6.98. The number of hydrogen-bond donors (Lipinski definition) is 2. The van der Waals surface area contributed by atoms with Gasteiger partial charge in [0.2, 0.25) is 0 Å². The molecule has 0 atom stereocenters. The molecule has 1 aliphatic rings. The zero-order valence-corrected chi connectivity index (χ0v) is 13.1. The van der Waals surface area contributed by atoms with E-state index in [-0.39, 0.29) is 5.91 Å². The molecular formula is C15H21ClN2O3. The van der Waals surface area contributed by atoms with Crippen molar-refractivity contribution in [1.82, 2.24) is 10.6 Å². The molecule has 2 rings (SSSR count). The fraction of sp³-hybridized carbons (Fsp3) is 0.533. The molecule has 2 N–H and O–H groups in total. The average molecular weight is 313 g/mol. The molecule has 0 spiro atoms. The molecule has 1 fully saturated rings. The number of nitrogens with one attached hydrogen (secondary N) is 2. The Morgan fingerprint density at radius 1 is 1.38 bits per heavy atom. The number of piperidine rings is 1. The van der Waals surface area contributed by atoms with E-state index in [0.29, 0.717) is 30.2 Å². The standard InChI is InChI=1S/C15H21ClN2O3/c1-20-13-5-3-4-12(16)11(13)10-18-14(19)15(21-2)6-8-17-9-7-15/h3-5,17H,6-10H2,1-2H3,(H,18,19). The second kappa shape index (κ2) is 7.11. The number of ether oxygens (including phenoxy) is 2. The van der Waals surface area contributed by atoms with Crippen LogP contribution in [-0.4, -0.2) is 38.8 Å². The van der Waals surface area contributed by atoms with E-state index in [1.165, 1.54) is 0 Å². The normalized spacial score (nSPS) is 17.3. The molecule has 0 unspecified atom stereocenters. The van der Waals surface area contributed by atoms with E-state index in [0.717, 1.165) is 18.7 Å². The number of benzene rings is 1. The lowest BCUT2D eigenvalue weighted by molar-refractivity contribution is -0.146. The van der Waals surface area contributed by atoms with Gasteiger partial charge in [-0.05, 0) is 38.1 Å². The van der Waals surface area contributed by atoms with Crippen LogP contribution in [0, 0.1) is 0 Å². The Balaban J connectivity index is 2.07. The molecule has 1 aromatic carbocycles. The minimum atomic E-state index is -0.750. The van der Waals surface area contributed by atoms with Crippen LogP contribution < -0.4 is 15.4 Å². The van der Waals surface area contributed by atoms with Gasteiger partial charge < -0.3 is 20.1 Å². The molecule has 0 aliphatic carbocycles. The lowest BCUT2D eigenvalue weighted by Gasteiger charge is -2.34. The SMILES string of the molecule is COc1cccc(Cl)c1CNC(=O)C1(OC)CCNCC1. The van der Waals surface area contributed by atoms with Crippen molar-refractivity contribution in [1.29, 1.82) is 0 Å². The van der Waals surface area contributed by atoms with Gasteiger partial charge in [-0.25, -0.2) is 0 Å². The van der Waals surface area contributed by atoms with E-state index in [9.17, 15) is 4.79 Å². The number of hydrogen-bond acceptors (Lipinski definition) is 4. The lowest BCUT2D eigenvalue weighted by atomic mass is 9.91. The Bertz CT molecular complexity index is 502. The molecule has 1 saturated heterocycles. The summed E-state index contributed by atoms with van der Waals surface area (Å²) < 4.78 is 10.8. The van der Waals surface area contributed by atoms with Gasteiger partial charge in [0, 0.05) is 24.2 Å². The van der Waals surface area contributed by atoms with Crippen LogP contribution in [0.4, 0.5) is 0 Å². The monoisotopic (exact) mass is 312 g/mol. The third-order valence-corrected chi connectivity index (χ3v) is 4.29. The molecule has 6 heteroatoms. The zero-order valence-electron chi connectivity index (χ0n) is 12.4. The molecule has 1 aromatic rings. The van der Waals surface area contributed by atoms with Crippen LogP contribution >= 0.6 is 11.6 Å². The minimum absolute atomic E-state index is 0.103. The summed E-state index contributed by atoms with van der Waals surface area (Å²) in [7, 11) is 3.17. The third-order valence-electron chi connectivity index (χ3n) is 3.94. The minimum Gasteiger partial charge on any atom is -0.496 e. The lowest BCUT2D eigenvalue weighted by Crippen LogP contribution is -2.53. The van der Waals surface area contributed by atoms with Gasteiger partial charge in [-0.2, -0.15) is 0 Å². The van der Waals surface area contributed by atoms with E-state index >= 15 is 0 Å². The molecule has 0 radical (unpaired) electrons. The van der Waals surface area contributed by atoms with Gasteiger partial charge in [-0.15, -0.1) is 0 Å². The number of rotatable bonds is 5. The maximum Gasteiger partial charge on any atom is 0.252 e. The first kappa shape index (κ1) is 16.1. The van der Waals surface area contributed by atoms with Crippen molar-refractivity contribution in [2.75, 3.05) is 27.3 Å². The summed E-state index contributed by atoms with van der Waals surface area (Å²) in [5.41, 5.74) is 0.0231. The predicted octanol–water partition coefficient (Wildman–Crippen LogP) is 1.73. The summed E-state index contributed by atoms with van der Waals surface area (Å²) in [6, 6.07) is 5.42. The molecule has 0 bridgehead atoms. The van der Waals surface area contributed by atoms with Crippen LogP contribution in [0.2, 0.25) is 5.02 Å². The molecule has 1 aliphatic heterocycles. The van der Waals surface area contributed by atoms with Crippen molar-refractivity contribution in [3.8, 4) is 5.75 Å². The van der Waals surface area contributed by atoms with Gasteiger partial charge in [-0.1, -0.05) is 17.7 Å². The highest BCUT2D eigenvalue weighted by atomic mass is 35.5. The van der Waals surface area contributed by atoms with Crippen molar-refractivity contribution in [2.24, 2.45) is 0 Å². The molecule has 21 heavy (non-hydrogen) atoms. The van der Waals surface area contributed by atoms with Crippen molar-refractivity contribution in [3.05, 3.63) is 28.8 Å². The largest absolute Gasteiger partial charge is 0.496 e. The summed E-state index contributed by atoms with van der Waals surface area (Å²) in [5, 5.41) is 6.72. The highest BCUT2D eigenvalue weighted by Crippen LogP contribution is 2.27.